The summed E-state index contributed by atoms with van der Waals surface area (Å²) in [5.41, 5.74) is 10.4. The lowest BCUT2D eigenvalue weighted by molar-refractivity contribution is -0.141. The molecule has 4 amide bonds. The summed E-state index contributed by atoms with van der Waals surface area (Å²) in [6.07, 6.45) is -0.459. The molecule has 0 aliphatic heterocycles. The Morgan fingerprint density at radius 3 is 1.75 bits per heavy atom. The van der Waals surface area contributed by atoms with Crippen molar-refractivity contribution in [2.45, 2.75) is 37.0 Å². The fraction of sp³-hybridized carbons (Fsp3) is 0.643. The molecule has 0 aliphatic carbocycles. The summed E-state index contributed by atoms with van der Waals surface area (Å²) in [6, 6.07) is -5.06. The van der Waals surface area contributed by atoms with Gasteiger partial charge in [0.2, 0.25) is 23.6 Å². The number of carbonyl (C=O) groups excluding carboxylic acids is 4. The highest BCUT2D eigenvalue weighted by molar-refractivity contribution is 7.80. The molecule has 14 heteroatoms. The molecule has 0 aromatic heterocycles. The van der Waals surface area contributed by atoms with Crippen molar-refractivity contribution in [1.82, 2.24) is 16.0 Å². The third-order valence-corrected chi connectivity index (χ3v) is 4.19. The van der Waals surface area contributed by atoms with Crippen molar-refractivity contribution in [3.63, 3.8) is 0 Å². The first-order chi connectivity index (χ1) is 13.1. The number of primary amides is 1. The molecule has 0 fully saturated rings. The number of carbonyl (C=O) groups is 5. The van der Waals surface area contributed by atoms with Gasteiger partial charge in [-0.05, 0) is 6.42 Å². The van der Waals surface area contributed by atoms with Gasteiger partial charge in [0.1, 0.15) is 24.2 Å². The second-order valence-electron chi connectivity index (χ2n) is 5.68. The maximum absolute atomic E-state index is 12.4. The van der Waals surface area contributed by atoms with Crippen molar-refractivity contribution in [3.05, 3.63) is 0 Å². The van der Waals surface area contributed by atoms with Crippen LogP contribution < -0.4 is 27.4 Å². The van der Waals surface area contributed by atoms with Crippen LogP contribution in [0.1, 0.15) is 12.8 Å². The van der Waals surface area contributed by atoms with Gasteiger partial charge in [-0.1, -0.05) is 0 Å². The van der Waals surface area contributed by atoms with E-state index in [4.69, 9.17) is 21.7 Å². The predicted molar refractivity (Wildman–Crippen MR) is 105 cm³/mol. The normalized spacial score (nSPS) is 14.9. The molecule has 4 unspecified atom stereocenters. The van der Waals surface area contributed by atoms with E-state index >= 15 is 0 Å². The molecule has 12 nitrogen and oxygen atoms in total. The minimum Gasteiger partial charge on any atom is -0.480 e. The quantitative estimate of drug-likeness (QED) is 0.128. The number of hydrogen-bond donors (Lipinski definition) is 9. The molecule has 4 atom stereocenters. The van der Waals surface area contributed by atoms with Crippen molar-refractivity contribution >= 4 is 54.9 Å². The lowest BCUT2D eigenvalue weighted by Gasteiger charge is -2.24. The fourth-order valence-corrected chi connectivity index (χ4v) is 2.35. The Morgan fingerprint density at radius 1 is 0.857 bits per heavy atom. The molecule has 0 radical (unpaired) electrons. The van der Waals surface area contributed by atoms with Crippen molar-refractivity contribution < 1.29 is 34.2 Å². The van der Waals surface area contributed by atoms with Crippen LogP contribution in [0.25, 0.3) is 0 Å². The lowest BCUT2D eigenvalue weighted by atomic mass is 10.1. The van der Waals surface area contributed by atoms with Crippen LogP contribution >= 0.6 is 25.3 Å². The molecule has 160 valence electrons. The smallest absolute Gasteiger partial charge is 0.327 e. The van der Waals surface area contributed by atoms with Crippen LogP contribution in [0, 0.1) is 0 Å². The van der Waals surface area contributed by atoms with E-state index in [-0.39, 0.29) is 24.3 Å². The summed E-state index contributed by atoms with van der Waals surface area (Å²) in [5.74, 6) is -4.93. The molecular weight excluding hydrogens is 414 g/mol. The summed E-state index contributed by atoms with van der Waals surface area (Å²) >= 11 is 7.76. The van der Waals surface area contributed by atoms with Crippen molar-refractivity contribution in [3.8, 4) is 0 Å². The number of aliphatic carboxylic acids is 1. The number of amides is 4. The Labute approximate surface area is 172 Å². The second-order valence-corrected chi connectivity index (χ2v) is 6.41. The molecule has 0 saturated heterocycles. The Bertz CT molecular complexity index is 592. The number of carboxylic acids is 1. The first kappa shape index (κ1) is 26.0. The monoisotopic (exact) mass is 439 g/mol. The average molecular weight is 440 g/mol. The number of rotatable bonds is 13. The van der Waals surface area contributed by atoms with Gasteiger partial charge in [0.25, 0.3) is 0 Å². The van der Waals surface area contributed by atoms with E-state index in [0.717, 1.165) is 0 Å². The van der Waals surface area contributed by atoms with E-state index in [2.05, 4.69) is 41.2 Å². The third kappa shape index (κ3) is 9.25. The van der Waals surface area contributed by atoms with Gasteiger partial charge in [0, 0.05) is 17.9 Å². The summed E-state index contributed by atoms with van der Waals surface area (Å²) in [6.45, 7) is -0.642. The van der Waals surface area contributed by atoms with Crippen LogP contribution in [0.5, 0.6) is 0 Å². The average Bonchev–Trinajstić information content (AvgIpc) is 2.65. The molecule has 28 heavy (non-hydrogen) atoms. The van der Waals surface area contributed by atoms with Gasteiger partial charge in [-0.3, -0.25) is 19.2 Å². The SMILES string of the molecule is NC(=O)CCC(NC(=O)C(CS)NC(=O)C(N)CO)C(=O)NC(CS)C(=O)O. The van der Waals surface area contributed by atoms with Gasteiger partial charge in [-0.15, -0.1) is 0 Å². The van der Waals surface area contributed by atoms with Gasteiger partial charge in [0.05, 0.1) is 6.61 Å². The molecule has 0 aliphatic rings. The predicted octanol–water partition coefficient (Wildman–Crippen LogP) is -4.03. The standard InChI is InChI=1S/C14H25N5O7S2/c15-6(3-20)11(22)18-8(4-27)13(24)17-7(1-2-10(16)21)12(23)19-9(5-28)14(25)26/h6-9,20,27-28H,1-5,15H2,(H2,16,21)(H,17,24)(H,18,22)(H,19,23)(H,25,26). The Kier molecular flexibility index (Phi) is 12.2. The number of thiol groups is 2. The van der Waals surface area contributed by atoms with Crippen molar-refractivity contribution in [2.24, 2.45) is 11.5 Å². The number of nitrogens with one attached hydrogen (secondary N) is 3. The van der Waals surface area contributed by atoms with E-state index < -0.39 is 60.4 Å². The van der Waals surface area contributed by atoms with Gasteiger partial charge in [0.15, 0.2) is 0 Å². The highest BCUT2D eigenvalue weighted by atomic mass is 32.1. The summed E-state index contributed by atoms with van der Waals surface area (Å²) in [7, 11) is 0. The second kappa shape index (κ2) is 13.2. The molecule has 0 heterocycles. The van der Waals surface area contributed by atoms with E-state index in [0.29, 0.717) is 0 Å². The summed E-state index contributed by atoms with van der Waals surface area (Å²) in [5, 5.41) is 24.6. The Hall–Kier alpha value is -2.03. The van der Waals surface area contributed by atoms with Crippen LogP contribution in [-0.4, -0.2) is 82.1 Å². The zero-order valence-corrected chi connectivity index (χ0v) is 16.6. The summed E-state index contributed by atoms with van der Waals surface area (Å²) < 4.78 is 0. The summed E-state index contributed by atoms with van der Waals surface area (Å²) in [4.78, 5) is 58.4. The van der Waals surface area contributed by atoms with Crippen LogP contribution in [0.4, 0.5) is 0 Å². The molecule has 0 bridgehead atoms. The van der Waals surface area contributed by atoms with E-state index in [1.807, 2.05) is 0 Å². The molecule has 0 spiro atoms. The molecule has 0 saturated carbocycles. The first-order valence-electron chi connectivity index (χ1n) is 8.07. The highest BCUT2D eigenvalue weighted by Gasteiger charge is 2.29. The number of carboxylic acid groups (broad SMARTS) is 1. The number of hydrogen-bond acceptors (Lipinski definition) is 9. The van der Waals surface area contributed by atoms with Crippen LogP contribution in [0.15, 0.2) is 0 Å². The lowest BCUT2D eigenvalue weighted by Crippen LogP contribution is -2.58. The molecule has 0 aromatic rings. The first-order valence-corrected chi connectivity index (χ1v) is 9.34. The van der Waals surface area contributed by atoms with E-state index in [1.54, 1.807) is 0 Å². The van der Waals surface area contributed by atoms with Crippen LogP contribution in [0.2, 0.25) is 0 Å². The minimum atomic E-state index is -1.33. The van der Waals surface area contributed by atoms with Gasteiger partial charge >= 0.3 is 5.97 Å². The van der Waals surface area contributed by atoms with Gasteiger partial charge in [-0.2, -0.15) is 25.3 Å². The number of nitrogens with two attached hydrogens (primary N) is 2. The Morgan fingerprint density at radius 2 is 1.32 bits per heavy atom. The van der Waals surface area contributed by atoms with E-state index in [1.165, 1.54) is 0 Å². The van der Waals surface area contributed by atoms with Crippen LogP contribution in [0.3, 0.4) is 0 Å². The zero-order chi connectivity index (χ0) is 21.9. The van der Waals surface area contributed by atoms with Crippen molar-refractivity contribution in [1.29, 1.82) is 0 Å². The van der Waals surface area contributed by atoms with Gasteiger partial charge in [-0.25, -0.2) is 4.79 Å². The maximum Gasteiger partial charge on any atom is 0.327 e. The molecule has 0 aromatic carbocycles. The largest absolute Gasteiger partial charge is 0.480 e. The third-order valence-electron chi connectivity index (χ3n) is 3.46. The fourth-order valence-electron chi connectivity index (χ4n) is 1.84. The van der Waals surface area contributed by atoms with Gasteiger partial charge < -0.3 is 37.6 Å². The molecular formula is C14H25N5O7S2. The molecule has 9 N–H and O–H groups in total. The highest BCUT2D eigenvalue weighted by Crippen LogP contribution is 2.02. The van der Waals surface area contributed by atoms with Crippen molar-refractivity contribution in [2.75, 3.05) is 18.1 Å². The zero-order valence-electron chi connectivity index (χ0n) is 14.8. The number of aliphatic hydroxyl groups excluding tert-OH is 1. The number of aliphatic hydroxyl groups is 1. The Balaban J connectivity index is 5.20. The van der Waals surface area contributed by atoms with Crippen LogP contribution in [-0.2, 0) is 24.0 Å². The minimum absolute atomic E-state index is 0.158. The topological polar surface area (TPSA) is 214 Å². The maximum atomic E-state index is 12.4. The molecule has 0 rings (SSSR count). The van der Waals surface area contributed by atoms with E-state index in [9.17, 15) is 24.0 Å².